The van der Waals surface area contributed by atoms with Gasteiger partial charge in [0.15, 0.2) is 11.6 Å². The van der Waals surface area contributed by atoms with Crippen LogP contribution >= 0.6 is 0 Å². The Bertz CT molecular complexity index is 451. The summed E-state index contributed by atoms with van der Waals surface area (Å²) in [5.74, 6) is 2.99. The summed E-state index contributed by atoms with van der Waals surface area (Å²) in [6.07, 6.45) is 1.60. The molecule has 1 aliphatic heterocycles. The van der Waals surface area contributed by atoms with Crippen LogP contribution in [0.15, 0.2) is 6.33 Å². The lowest BCUT2D eigenvalue weighted by Crippen LogP contribution is -2.34. The minimum atomic E-state index is 0.539. The molecule has 0 saturated carbocycles. The number of nitrogens with one attached hydrogen (secondary N) is 1. The average Bonchev–Trinajstić information content (AvgIpc) is 2.81. The zero-order chi connectivity index (χ0) is 14.7. The maximum absolute atomic E-state index is 5.53. The van der Waals surface area contributed by atoms with Gasteiger partial charge < -0.3 is 19.9 Å². The quantitative estimate of drug-likeness (QED) is 0.877. The van der Waals surface area contributed by atoms with Crippen molar-refractivity contribution in [3.05, 3.63) is 6.33 Å². The van der Waals surface area contributed by atoms with E-state index in [0.717, 1.165) is 37.0 Å². The number of aromatic nitrogens is 2. The Labute approximate surface area is 121 Å². The molecule has 2 atom stereocenters. The highest BCUT2D eigenvalue weighted by molar-refractivity contribution is 5.65. The predicted molar refractivity (Wildman–Crippen MR) is 81.6 cm³/mol. The second kappa shape index (κ2) is 6.26. The molecule has 0 spiro atoms. The molecule has 1 fully saturated rings. The monoisotopic (exact) mass is 279 g/mol. The van der Waals surface area contributed by atoms with Crippen LogP contribution in [0, 0.1) is 5.92 Å². The molecule has 0 aliphatic carbocycles. The molecule has 1 aromatic heterocycles. The second-order valence-electron chi connectivity index (χ2n) is 5.52. The van der Waals surface area contributed by atoms with Gasteiger partial charge >= 0.3 is 0 Å². The molecule has 6 nitrogen and oxygen atoms in total. The summed E-state index contributed by atoms with van der Waals surface area (Å²) < 4.78 is 5.53. The summed E-state index contributed by atoms with van der Waals surface area (Å²) in [6.45, 7) is 7.09. The standard InChI is InChI=1S/C14H25N5O/c1-6-15-13-12(20-5)14(17-9-16-13)19-7-10(2)11(8-19)18(3)4/h9-11H,6-8H2,1-5H3,(H,15,16,17). The molecule has 2 unspecified atom stereocenters. The highest BCUT2D eigenvalue weighted by Crippen LogP contribution is 2.35. The van der Waals surface area contributed by atoms with Crippen LogP contribution in [0.4, 0.5) is 11.6 Å². The maximum Gasteiger partial charge on any atom is 0.204 e. The van der Waals surface area contributed by atoms with Crippen molar-refractivity contribution in [2.24, 2.45) is 5.92 Å². The molecule has 0 radical (unpaired) electrons. The van der Waals surface area contributed by atoms with Gasteiger partial charge in [0.25, 0.3) is 0 Å². The molecule has 20 heavy (non-hydrogen) atoms. The van der Waals surface area contributed by atoms with E-state index in [0.29, 0.717) is 12.0 Å². The fraction of sp³-hybridized carbons (Fsp3) is 0.714. The van der Waals surface area contributed by atoms with Crippen molar-refractivity contribution in [2.75, 3.05) is 51.1 Å². The van der Waals surface area contributed by atoms with Crippen LogP contribution in [0.2, 0.25) is 0 Å². The van der Waals surface area contributed by atoms with E-state index in [9.17, 15) is 0 Å². The minimum absolute atomic E-state index is 0.539. The third-order valence-electron chi connectivity index (χ3n) is 3.87. The Kier molecular flexibility index (Phi) is 4.65. The molecule has 0 bridgehead atoms. The molecule has 2 heterocycles. The normalized spacial score (nSPS) is 22.4. The number of methoxy groups -OCH3 is 1. The van der Waals surface area contributed by atoms with Crippen molar-refractivity contribution in [1.82, 2.24) is 14.9 Å². The van der Waals surface area contributed by atoms with Gasteiger partial charge in [0.2, 0.25) is 5.75 Å². The smallest absolute Gasteiger partial charge is 0.204 e. The van der Waals surface area contributed by atoms with E-state index < -0.39 is 0 Å². The zero-order valence-corrected chi connectivity index (χ0v) is 13.1. The number of hydrogen-bond donors (Lipinski definition) is 1. The lowest BCUT2D eigenvalue weighted by atomic mass is 10.1. The van der Waals surface area contributed by atoms with Crippen molar-refractivity contribution in [1.29, 1.82) is 0 Å². The molecule has 1 N–H and O–H groups in total. The maximum atomic E-state index is 5.53. The molecule has 1 aromatic rings. The minimum Gasteiger partial charge on any atom is -0.490 e. The van der Waals surface area contributed by atoms with Crippen LogP contribution in [0.25, 0.3) is 0 Å². The van der Waals surface area contributed by atoms with E-state index in [1.165, 1.54) is 0 Å². The van der Waals surface area contributed by atoms with Gasteiger partial charge in [-0.3, -0.25) is 0 Å². The molecule has 2 rings (SSSR count). The number of likely N-dealkylation sites (N-methyl/N-ethyl adjacent to an activating group) is 1. The van der Waals surface area contributed by atoms with Crippen molar-refractivity contribution in [3.63, 3.8) is 0 Å². The predicted octanol–water partition coefficient (Wildman–Crippen LogP) is 1.30. The average molecular weight is 279 g/mol. The fourth-order valence-electron chi connectivity index (χ4n) is 2.87. The van der Waals surface area contributed by atoms with Crippen LogP contribution in [0.3, 0.4) is 0 Å². The summed E-state index contributed by atoms with van der Waals surface area (Å²) in [5.41, 5.74) is 0. The Morgan fingerprint density at radius 2 is 2.15 bits per heavy atom. The van der Waals surface area contributed by atoms with Crippen molar-refractivity contribution >= 4 is 11.6 Å². The third-order valence-corrected chi connectivity index (χ3v) is 3.87. The van der Waals surface area contributed by atoms with Gasteiger partial charge in [-0.25, -0.2) is 9.97 Å². The first kappa shape index (κ1) is 14.8. The van der Waals surface area contributed by atoms with Crippen LogP contribution in [0.1, 0.15) is 13.8 Å². The fourth-order valence-corrected chi connectivity index (χ4v) is 2.87. The van der Waals surface area contributed by atoms with E-state index >= 15 is 0 Å². The van der Waals surface area contributed by atoms with Crippen molar-refractivity contribution < 1.29 is 4.74 Å². The molecule has 6 heteroatoms. The first-order chi connectivity index (χ1) is 9.58. The topological polar surface area (TPSA) is 53.5 Å². The lowest BCUT2D eigenvalue weighted by Gasteiger charge is -2.23. The Hall–Kier alpha value is -1.56. The SMILES string of the molecule is CCNc1ncnc(N2CC(C)C(N(C)C)C2)c1OC. The Morgan fingerprint density at radius 1 is 1.40 bits per heavy atom. The molecular weight excluding hydrogens is 254 g/mol. The van der Waals surface area contributed by atoms with Gasteiger partial charge in [-0.15, -0.1) is 0 Å². The number of ether oxygens (including phenoxy) is 1. The number of rotatable bonds is 5. The molecule has 112 valence electrons. The summed E-state index contributed by atoms with van der Waals surface area (Å²) >= 11 is 0. The van der Waals surface area contributed by atoms with Crippen molar-refractivity contribution in [3.8, 4) is 5.75 Å². The van der Waals surface area contributed by atoms with Crippen LogP contribution < -0.4 is 15.0 Å². The summed E-state index contributed by atoms with van der Waals surface area (Å²) in [7, 11) is 5.93. The van der Waals surface area contributed by atoms with Gasteiger partial charge in [0, 0.05) is 25.7 Å². The number of hydrogen-bond acceptors (Lipinski definition) is 6. The lowest BCUT2D eigenvalue weighted by molar-refractivity contribution is 0.266. The third kappa shape index (κ3) is 2.80. The van der Waals surface area contributed by atoms with E-state index in [2.05, 4.69) is 46.1 Å². The Balaban J connectivity index is 2.27. The van der Waals surface area contributed by atoms with Gasteiger partial charge in [-0.05, 0) is 26.9 Å². The van der Waals surface area contributed by atoms with Gasteiger partial charge in [-0.1, -0.05) is 6.92 Å². The Morgan fingerprint density at radius 3 is 2.70 bits per heavy atom. The summed E-state index contributed by atoms with van der Waals surface area (Å²) in [4.78, 5) is 13.3. The number of anilines is 2. The van der Waals surface area contributed by atoms with E-state index in [-0.39, 0.29) is 0 Å². The zero-order valence-electron chi connectivity index (χ0n) is 13.1. The highest BCUT2D eigenvalue weighted by atomic mass is 16.5. The van der Waals surface area contributed by atoms with Crippen LogP contribution in [-0.4, -0.2) is 61.7 Å². The molecule has 1 saturated heterocycles. The molecule has 1 aliphatic rings. The van der Waals surface area contributed by atoms with Gasteiger partial charge in [-0.2, -0.15) is 0 Å². The van der Waals surface area contributed by atoms with Crippen LogP contribution in [-0.2, 0) is 0 Å². The molecular formula is C14H25N5O. The highest BCUT2D eigenvalue weighted by Gasteiger charge is 2.33. The van der Waals surface area contributed by atoms with Crippen LogP contribution in [0.5, 0.6) is 5.75 Å². The van der Waals surface area contributed by atoms with E-state index in [1.807, 2.05) is 6.92 Å². The second-order valence-corrected chi connectivity index (χ2v) is 5.52. The molecule has 0 amide bonds. The van der Waals surface area contributed by atoms with Crippen molar-refractivity contribution in [2.45, 2.75) is 19.9 Å². The molecule has 0 aromatic carbocycles. The van der Waals surface area contributed by atoms with Gasteiger partial charge in [0.05, 0.1) is 7.11 Å². The number of nitrogens with zero attached hydrogens (tertiary/aromatic N) is 4. The largest absolute Gasteiger partial charge is 0.490 e. The van der Waals surface area contributed by atoms with E-state index in [1.54, 1.807) is 13.4 Å². The first-order valence-corrected chi connectivity index (χ1v) is 7.12. The van der Waals surface area contributed by atoms with Gasteiger partial charge in [0.1, 0.15) is 6.33 Å². The summed E-state index contributed by atoms with van der Waals surface area (Å²) in [5, 5.41) is 3.22. The van der Waals surface area contributed by atoms with E-state index in [4.69, 9.17) is 4.74 Å². The first-order valence-electron chi connectivity index (χ1n) is 7.12. The summed E-state index contributed by atoms with van der Waals surface area (Å²) in [6, 6.07) is 0.539.